The van der Waals surface area contributed by atoms with E-state index >= 15 is 0 Å². The number of piperazine rings is 1. The number of hydrogen-bond acceptors (Lipinski definition) is 6. The van der Waals surface area contributed by atoms with Crippen molar-refractivity contribution in [2.24, 2.45) is 0 Å². The fourth-order valence-corrected chi connectivity index (χ4v) is 4.16. The highest BCUT2D eigenvalue weighted by atomic mass is 35.5. The van der Waals surface area contributed by atoms with E-state index in [9.17, 15) is 18.4 Å². The average molecular weight is 486 g/mol. The van der Waals surface area contributed by atoms with Gasteiger partial charge in [0.15, 0.2) is 17.3 Å². The number of nitriles is 1. The van der Waals surface area contributed by atoms with Crippen molar-refractivity contribution in [3.05, 3.63) is 59.4 Å². The fourth-order valence-electron chi connectivity index (χ4n) is 4.16. The van der Waals surface area contributed by atoms with Gasteiger partial charge in [0, 0.05) is 37.4 Å². The van der Waals surface area contributed by atoms with Gasteiger partial charge in [-0.1, -0.05) is 12.1 Å². The number of nitrogens with zero attached hydrogens (tertiary/aromatic N) is 4. The smallest absolute Gasteiger partial charge is 0.184 e. The van der Waals surface area contributed by atoms with Gasteiger partial charge in [0.2, 0.25) is 0 Å². The summed E-state index contributed by atoms with van der Waals surface area (Å²) in [5.74, 6) is -3.56. The van der Waals surface area contributed by atoms with Gasteiger partial charge in [0.1, 0.15) is 17.7 Å². The van der Waals surface area contributed by atoms with E-state index in [0.29, 0.717) is 22.6 Å². The van der Waals surface area contributed by atoms with Crippen LogP contribution in [0.3, 0.4) is 0 Å². The molecular formula is C23H19ClF3N7. The number of nitrogens with one attached hydrogen (secondary N) is 2. The third-order valence-corrected chi connectivity index (χ3v) is 5.76. The van der Waals surface area contributed by atoms with Crippen LogP contribution in [0.4, 0.5) is 24.7 Å². The molecule has 34 heavy (non-hydrogen) atoms. The van der Waals surface area contributed by atoms with Crippen LogP contribution in [0.2, 0.25) is 0 Å². The molecular weight excluding hydrogens is 467 g/mol. The first-order valence-electron chi connectivity index (χ1n) is 10.3. The molecule has 1 aliphatic rings. The number of pyridine rings is 1. The second-order valence-electron chi connectivity index (χ2n) is 7.66. The molecule has 2 aromatic carbocycles. The summed E-state index contributed by atoms with van der Waals surface area (Å²) >= 11 is 0. The van der Waals surface area contributed by atoms with E-state index in [1.165, 1.54) is 0 Å². The molecule has 5 rings (SSSR count). The zero-order valence-corrected chi connectivity index (χ0v) is 18.5. The number of aromatic nitrogens is 3. The molecule has 0 atom stereocenters. The van der Waals surface area contributed by atoms with Crippen LogP contribution in [-0.2, 0) is 0 Å². The van der Waals surface area contributed by atoms with Crippen molar-refractivity contribution in [1.29, 1.82) is 5.26 Å². The zero-order valence-electron chi connectivity index (χ0n) is 17.7. The van der Waals surface area contributed by atoms with Crippen molar-refractivity contribution in [2.45, 2.75) is 0 Å². The highest BCUT2D eigenvalue weighted by molar-refractivity contribution is 6.04. The summed E-state index contributed by atoms with van der Waals surface area (Å²) in [6.45, 7) is 3.48. The normalized spacial score (nSPS) is 13.5. The Morgan fingerprint density at radius 1 is 0.971 bits per heavy atom. The highest BCUT2D eigenvalue weighted by Crippen LogP contribution is 2.40. The summed E-state index contributed by atoms with van der Waals surface area (Å²) in [6.07, 6.45) is 0. The minimum atomic E-state index is -1.43. The lowest BCUT2D eigenvalue weighted by Crippen LogP contribution is -2.43. The Kier molecular flexibility index (Phi) is 6.32. The number of rotatable bonds is 3. The Balaban J connectivity index is 0.00000274. The van der Waals surface area contributed by atoms with Gasteiger partial charge in [0.05, 0.1) is 22.2 Å². The van der Waals surface area contributed by atoms with Gasteiger partial charge in [-0.05, 0) is 29.8 Å². The number of fused-ring (bicyclic) bond motifs is 1. The van der Waals surface area contributed by atoms with Crippen molar-refractivity contribution in [3.63, 3.8) is 0 Å². The summed E-state index contributed by atoms with van der Waals surface area (Å²) in [5, 5.41) is 20.3. The van der Waals surface area contributed by atoms with Crippen LogP contribution in [0.5, 0.6) is 0 Å². The largest absolute Gasteiger partial charge is 0.383 e. The van der Waals surface area contributed by atoms with Crippen molar-refractivity contribution in [1.82, 2.24) is 20.5 Å². The van der Waals surface area contributed by atoms with Crippen molar-refractivity contribution >= 4 is 34.9 Å². The zero-order chi connectivity index (χ0) is 23.1. The maximum absolute atomic E-state index is 14.6. The molecule has 0 amide bonds. The molecule has 1 aliphatic heterocycles. The first-order chi connectivity index (χ1) is 16.0. The molecule has 1 fully saturated rings. The van der Waals surface area contributed by atoms with Gasteiger partial charge in [-0.15, -0.1) is 12.4 Å². The van der Waals surface area contributed by atoms with Gasteiger partial charge in [0.25, 0.3) is 0 Å². The maximum Gasteiger partial charge on any atom is 0.184 e. The molecule has 3 heterocycles. The molecule has 11 heteroatoms. The van der Waals surface area contributed by atoms with E-state index in [1.807, 2.05) is 30.3 Å². The molecule has 0 unspecified atom stereocenters. The number of H-pyrrole nitrogens is 1. The van der Waals surface area contributed by atoms with Gasteiger partial charge < -0.3 is 16.0 Å². The lowest BCUT2D eigenvalue weighted by atomic mass is 9.93. The standard InChI is InChI=1S/C23H18F3N7.ClH/c24-15-5-6-16(25)20(26)18(15)21-14(11-27)17(19-22(28)31-32-23(19)30-21)12-1-3-13(4-2-12)33-9-7-29-8-10-33;/h1-6,29H,7-10H2,(H3,28,30,31,32);1H. The van der Waals surface area contributed by atoms with Gasteiger partial charge in [-0.3, -0.25) is 5.10 Å². The molecule has 2 aromatic heterocycles. The van der Waals surface area contributed by atoms with Crippen molar-refractivity contribution in [3.8, 4) is 28.5 Å². The first-order valence-corrected chi connectivity index (χ1v) is 10.3. The van der Waals surface area contributed by atoms with Crippen LogP contribution in [0, 0.1) is 28.8 Å². The van der Waals surface area contributed by atoms with Crippen LogP contribution >= 0.6 is 12.4 Å². The SMILES string of the molecule is Cl.N#Cc1c(-c2c(F)ccc(F)c2F)nc2n[nH]c(N)c2c1-c1ccc(N2CCNCC2)cc1. The second kappa shape index (κ2) is 9.21. The molecule has 1 saturated heterocycles. The summed E-state index contributed by atoms with van der Waals surface area (Å²) in [6, 6.07) is 10.9. The van der Waals surface area contributed by atoms with Crippen molar-refractivity contribution in [2.75, 3.05) is 36.8 Å². The topological polar surface area (TPSA) is 107 Å². The highest BCUT2D eigenvalue weighted by Gasteiger charge is 2.26. The Bertz CT molecular complexity index is 1410. The fraction of sp³-hybridized carbons (Fsp3) is 0.174. The predicted molar refractivity (Wildman–Crippen MR) is 126 cm³/mol. The van der Waals surface area contributed by atoms with E-state index in [1.54, 1.807) is 0 Å². The molecule has 174 valence electrons. The monoisotopic (exact) mass is 485 g/mol. The van der Waals surface area contributed by atoms with Crippen LogP contribution in [0.25, 0.3) is 33.4 Å². The lowest BCUT2D eigenvalue weighted by Gasteiger charge is -2.29. The first kappa shape index (κ1) is 23.4. The minimum Gasteiger partial charge on any atom is -0.383 e. The molecule has 0 bridgehead atoms. The van der Waals surface area contributed by atoms with Gasteiger partial charge >= 0.3 is 0 Å². The number of halogens is 4. The summed E-state index contributed by atoms with van der Waals surface area (Å²) in [5.41, 5.74) is 6.84. The molecule has 0 aliphatic carbocycles. The molecule has 4 N–H and O–H groups in total. The second-order valence-corrected chi connectivity index (χ2v) is 7.66. The molecule has 7 nitrogen and oxygen atoms in total. The van der Waals surface area contributed by atoms with Crippen LogP contribution in [-0.4, -0.2) is 41.4 Å². The van der Waals surface area contributed by atoms with E-state index in [2.05, 4.69) is 25.4 Å². The van der Waals surface area contributed by atoms with E-state index in [-0.39, 0.29) is 35.1 Å². The van der Waals surface area contributed by atoms with E-state index in [4.69, 9.17) is 5.73 Å². The Morgan fingerprint density at radius 3 is 2.32 bits per heavy atom. The Labute approximate surface area is 198 Å². The van der Waals surface area contributed by atoms with Crippen LogP contribution in [0.1, 0.15) is 5.56 Å². The number of nitrogens with two attached hydrogens (primary N) is 1. The molecule has 4 aromatic rings. The van der Waals surface area contributed by atoms with E-state index in [0.717, 1.165) is 37.9 Å². The molecule has 0 saturated carbocycles. The summed E-state index contributed by atoms with van der Waals surface area (Å²) < 4.78 is 43.2. The number of hydrogen-bond donors (Lipinski definition) is 3. The number of nitrogen functional groups attached to an aromatic ring is 1. The summed E-state index contributed by atoms with van der Waals surface area (Å²) in [7, 11) is 0. The Morgan fingerprint density at radius 2 is 1.65 bits per heavy atom. The minimum absolute atomic E-state index is 0. The average Bonchev–Trinajstić information content (AvgIpc) is 3.21. The van der Waals surface area contributed by atoms with Crippen molar-refractivity contribution < 1.29 is 13.2 Å². The molecule has 0 radical (unpaired) electrons. The number of aromatic amines is 1. The maximum atomic E-state index is 14.6. The number of anilines is 2. The van der Waals surface area contributed by atoms with Gasteiger partial charge in [-0.25, -0.2) is 18.2 Å². The third kappa shape index (κ3) is 3.79. The predicted octanol–water partition coefficient (Wildman–Crippen LogP) is 3.99. The molecule has 0 spiro atoms. The van der Waals surface area contributed by atoms with Crippen LogP contribution < -0.4 is 16.0 Å². The Hall–Kier alpha value is -3.81. The summed E-state index contributed by atoms with van der Waals surface area (Å²) in [4.78, 5) is 6.40. The quantitative estimate of drug-likeness (QED) is 0.379. The lowest BCUT2D eigenvalue weighted by molar-refractivity contribution is 0.498. The van der Waals surface area contributed by atoms with Gasteiger partial charge in [-0.2, -0.15) is 10.4 Å². The van der Waals surface area contributed by atoms with Crippen LogP contribution in [0.15, 0.2) is 36.4 Å². The number of benzene rings is 2. The van der Waals surface area contributed by atoms with E-state index < -0.39 is 23.0 Å². The third-order valence-electron chi connectivity index (χ3n) is 5.76.